The van der Waals surface area contributed by atoms with Gasteiger partial charge in [-0.3, -0.25) is 9.52 Å². The molecule has 0 aliphatic heterocycles. The smallest absolute Gasteiger partial charge is 0.261 e. The van der Waals surface area contributed by atoms with E-state index in [1.54, 1.807) is 48.5 Å². The van der Waals surface area contributed by atoms with Crippen LogP contribution in [0.3, 0.4) is 0 Å². The summed E-state index contributed by atoms with van der Waals surface area (Å²) < 4.78 is 32.9. The van der Waals surface area contributed by atoms with Crippen LogP contribution in [0.1, 0.15) is 10.4 Å². The zero-order valence-corrected chi connectivity index (χ0v) is 16.4. The van der Waals surface area contributed by atoms with E-state index in [0.29, 0.717) is 22.1 Å². The van der Waals surface area contributed by atoms with Crippen LogP contribution in [0.15, 0.2) is 77.7 Å². The van der Waals surface area contributed by atoms with Crippen molar-refractivity contribution in [2.45, 2.75) is 4.90 Å². The van der Waals surface area contributed by atoms with Crippen LogP contribution in [0.5, 0.6) is 5.75 Å². The van der Waals surface area contributed by atoms with Crippen molar-refractivity contribution in [3.63, 3.8) is 0 Å². The number of methoxy groups -OCH3 is 1. The lowest BCUT2D eigenvalue weighted by molar-refractivity contribution is 0.102. The maximum Gasteiger partial charge on any atom is 0.261 e. The van der Waals surface area contributed by atoms with Crippen LogP contribution in [0.4, 0.5) is 11.4 Å². The van der Waals surface area contributed by atoms with E-state index < -0.39 is 15.9 Å². The van der Waals surface area contributed by atoms with E-state index in [1.165, 1.54) is 31.4 Å². The van der Waals surface area contributed by atoms with Crippen LogP contribution in [0, 0.1) is 0 Å². The standard InChI is InChI=1S/C20H17ClN2O4S/c1-27-19-11-10-15(21)13-18(19)22-20(24)14-6-5-9-17(12-14)28(25,26)23-16-7-3-2-4-8-16/h2-13,23H,1H3,(H,22,24). The quantitative estimate of drug-likeness (QED) is 0.623. The van der Waals surface area contributed by atoms with Gasteiger partial charge in [-0.15, -0.1) is 0 Å². The van der Waals surface area contributed by atoms with E-state index in [2.05, 4.69) is 10.0 Å². The average Bonchev–Trinajstić information content (AvgIpc) is 2.69. The number of anilines is 2. The van der Waals surface area contributed by atoms with Crippen LogP contribution in [0.2, 0.25) is 5.02 Å². The predicted octanol–water partition coefficient (Wildman–Crippen LogP) is 4.40. The Balaban J connectivity index is 1.85. The van der Waals surface area contributed by atoms with Gasteiger partial charge >= 0.3 is 0 Å². The lowest BCUT2D eigenvalue weighted by Gasteiger charge is -2.12. The molecule has 0 aliphatic rings. The first kappa shape index (κ1) is 19.7. The van der Waals surface area contributed by atoms with Crippen LogP contribution in [-0.4, -0.2) is 21.4 Å². The molecule has 0 unspecified atom stereocenters. The van der Waals surface area contributed by atoms with Gasteiger partial charge in [-0.05, 0) is 48.5 Å². The van der Waals surface area contributed by atoms with Crippen molar-refractivity contribution in [1.29, 1.82) is 0 Å². The highest BCUT2D eigenvalue weighted by atomic mass is 35.5. The topological polar surface area (TPSA) is 84.5 Å². The number of para-hydroxylation sites is 1. The Bertz CT molecular complexity index is 1100. The molecule has 0 radical (unpaired) electrons. The van der Waals surface area contributed by atoms with Crippen molar-refractivity contribution in [1.82, 2.24) is 0 Å². The fourth-order valence-electron chi connectivity index (χ4n) is 2.50. The van der Waals surface area contributed by atoms with E-state index in [1.807, 2.05) is 0 Å². The summed E-state index contributed by atoms with van der Waals surface area (Å²) in [6, 6.07) is 19.1. The van der Waals surface area contributed by atoms with Crippen molar-refractivity contribution in [3.05, 3.63) is 83.4 Å². The van der Waals surface area contributed by atoms with E-state index in [0.717, 1.165) is 0 Å². The van der Waals surface area contributed by atoms with Crippen molar-refractivity contribution in [3.8, 4) is 5.75 Å². The Kier molecular flexibility index (Phi) is 5.87. The molecule has 28 heavy (non-hydrogen) atoms. The second-order valence-electron chi connectivity index (χ2n) is 5.80. The van der Waals surface area contributed by atoms with Crippen LogP contribution in [-0.2, 0) is 10.0 Å². The monoisotopic (exact) mass is 416 g/mol. The highest BCUT2D eigenvalue weighted by Crippen LogP contribution is 2.28. The first-order valence-corrected chi connectivity index (χ1v) is 10.1. The van der Waals surface area contributed by atoms with E-state index >= 15 is 0 Å². The number of rotatable bonds is 6. The van der Waals surface area contributed by atoms with Crippen molar-refractivity contribution in [2.24, 2.45) is 0 Å². The van der Waals surface area contributed by atoms with Gasteiger partial charge in [0.15, 0.2) is 0 Å². The summed E-state index contributed by atoms with van der Waals surface area (Å²) in [6.45, 7) is 0. The summed E-state index contributed by atoms with van der Waals surface area (Å²) in [5.41, 5.74) is 0.995. The van der Waals surface area contributed by atoms with Gasteiger partial charge in [0.05, 0.1) is 17.7 Å². The number of amides is 1. The maximum absolute atomic E-state index is 12.6. The molecule has 6 nitrogen and oxygen atoms in total. The fourth-order valence-corrected chi connectivity index (χ4v) is 3.77. The number of nitrogens with one attached hydrogen (secondary N) is 2. The Hall–Kier alpha value is -3.03. The summed E-state index contributed by atoms with van der Waals surface area (Å²) in [5.74, 6) is -0.0513. The van der Waals surface area contributed by atoms with Crippen molar-refractivity contribution < 1.29 is 17.9 Å². The zero-order valence-electron chi connectivity index (χ0n) is 14.8. The molecular formula is C20H17ClN2O4S. The Labute approximate surface area is 168 Å². The SMILES string of the molecule is COc1ccc(Cl)cc1NC(=O)c1cccc(S(=O)(=O)Nc2ccccc2)c1. The van der Waals surface area contributed by atoms with E-state index in [9.17, 15) is 13.2 Å². The van der Waals surface area contributed by atoms with Gasteiger partial charge in [-0.1, -0.05) is 35.9 Å². The molecule has 1 amide bonds. The Morgan fingerprint density at radius 1 is 0.964 bits per heavy atom. The van der Waals surface area contributed by atoms with E-state index in [-0.39, 0.29) is 10.5 Å². The van der Waals surface area contributed by atoms with Crippen molar-refractivity contribution >= 4 is 38.9 Å². The van der Waals surface area contributed by atoms with Gasteiger partial charge in [-0.2, -0.15) is 0 Å². The number of hydrogen-bond donors (Lipinski definition) is 2. The molecule has 0 bridgehead atoms. The first-order chi connectivity index (χ1) is 13.4. The molecule has 0 heterocycles. The molecule has 3 aromatic carbocycles. The van der Waals surface area contributed by atoms with Gasteiger partial charge in [0.25, 0.3) is 15.9 Å². The Morgan fingerprint density at radius 3 is 2.43 bits per heavy atom. The van der Waals surface area contributed by atoms with Gasteiger partial charge < -0.3 is 10.1 Å². The average molecular weight is 417 g/mol. The third kappa shape index (κ3) is 4.62. The lowest BCUT2D eigenvalue weighted by Crippen LogP contribution is -2.16. The summed E-state index contributed by atoms with van der Waals surface area (Å²) in [7, 11) is -2.36. The number of halogens is 1. The van der Waals surface area contributed by atoms with Crippen LogP contribution in [0.25, 0.3) is 0 Å². The maximum atomic E-state index is 12.6. The van der Waals surface area contributed by atoms with Crippen LogP contribution >= 0.6 is 11.6 Å². The summed E-state index contributed by atoms with van der Waals surface area (Å²) in [5, 5.41) is 3.11. The van der Waals surface area contributed by atoms with E-state index in [4.69, 9.17) is 16.3 Å². The Morgan fingerprint density at radius 2 is 1.71 bits per heavy atom. The molecule has 0 aliphatic carbocycles. The zero-order chi connectivity index (χ0) is 20.1. The van der Waals surface area contributed by atoms with Gasteiger partial charge in [-0.25, -0.2) is 8.42 Å². The molecule has 0 spiro atoms. The first-order valence-electron chi connectivity index (χ1n) is 8.22. The third-order valence-corrected chi connectivity index (χ3v) is 5.46. The molecule has 0 atom stereocenters. The number of ether oxygens (including phenoxy) is 1. The normalized spacial score (nSPS) is 10.9. The molecule has 8 heteroatoms. The van der Waals surface area contributed by atoms with Gasteiger partial charge in [0.2, 0.25) is 0 Å². The molecule has 0 aromatic heterocycles. The summed E-state index contributed by atoms with van der Waals surface area (Å²) in [4.78, 5) is 12.6. The van der Waals surface area contributed by atoms with Crippen molar-refractivity contribution in [2.75, 3.05) is 17.1 Å². The largest absolute Gasteiger partial charge is 0.495 e. The molecular weight excluding hydrogens is 400 g/mol. The molecule has 3 aromatic rings. The minimum absolute atomic E-state index is 0.0259. The summed E-state index contributed by atoms with van der Waals surface area (Å²) >= 11 is 5.97. The van der Waals surface area contributed by atoms with Crippen LogP contribution < -0.4 is 14.8 Å². The number of benzene rings is 3. The summed E-state index contributed by atoms with van der Waals surface area (Å²) in [6.07, 6.45) is 0. The fraction of sp³-hybridized carbons (Fsp3) is 0.0500. The number of carbonyl (C=O) groups is 1. The molecule has 0 saturated heterocycles. The number of hydrogen-bond acceptors (Lipinski definition) is 4. The lowest BCUT2D eigenvalue weighted by atomic mass is 10.2. The third-order valence-electron chi connectivity index (χ3n) is 3.84. The predicted molar refractivity (Wildman–Crippen MR) is 110 cm³/mol. The minimum Gasteiger partial charge on any atom is -0.495 e. The molecule has 144 valence electrons. The minimum atomic E-state index is -3.84. The number of sulfonamides is 1. The second-order valence-corrected chi connectivity index (χ2v) is 7.92. The highest BCUT2D eigenvalue weighted by molar-refractivity contribution is 7.92. The molecule has 3 rings (SSSR count). The van der Waals surface area contributed by atoms with Gasteiger partial charge in [0, 0.05) is 16.3 Å². The number of carbonyl (C=O) groups excluding carboxylic acids is 1. The molecule has 0 saturated carbocycles. The molecule has 2 N–H and O–H groups in total. The van der Waals surface area contributed by atoms with Gasteiger partial charge in [0.1, 0.15) is 5.75 Å². The second kappa shape index (κ2) is 8.33. The highest BCUT2D eigenvalue weighted by Gasteiger charge is 2.17. The molecule has 0 fully saturated rings.